The molecule has 0 spiro atoms. The van der Waals surface area contributed by atoms with Crippen molar-refractivity contribution in [3.8, 4) is 28.3 Å². The van der Waals surface area contributed by atoms with Crippen molar-refractivity contribution in [2.45, 2.75) is 26.6 Å². The van der Waals surface area contributed by atoms with Gasteiger partial charge in [-0.1, -0.05) is 74.1 Å². The second-order valence-corrected chi connectivity index (χ2v) is 12.7. The van der Waals surface area contributed by atoms with Crippen LogP contribution in [-0.2, 0) is 0 Å². The number of ether oxygens (including phenoxy) is 1. The van der Waals surface area contributed by atoms with Gasteiger partial charge in [0.25, 0.3) is 0 Å². The number of esters is 1. The maximum Gasteiger partial charge on any atom is 0.345 e. The number of hydrogen-bond donors (Lipinski definition) is 1. The Balaban J connectivity index is 2.02. The molecule has 0 saturated heterocycles. The fourth-order valence-electron chi connectivity index (χ4n) is 2.87. The zero-order chi connectivity index (χ0) is 21.0. The van der Waals surface area contributed by atoms with Gasteiger partial charge in [0, 0.05) is 22.4 Å². The van der Waals surface area contributed by atoms with Crippen molar-refractivity contribution in [3.63, 3.8) is 0 Å². The summed E-state index contributed by atoms with van der Waals surface area (Å²) in [7, 11) is -1.52. The number of carbonyl (C=O) groups is 1. The standard InChI is InChI=1S/C25H25NO2Si/c1-18-10-9-14-22(24(18)26)25(27)28-23-15-8-7-13-21(23)20-12-6-5-11-19(20)16-17-29(2,3)4/h5-15H,26H2,1-4H3. The lowest BCUT2D eigenvalue weighted by molar-refractivity contribution is 0.0736. The van der Waals surface area contributed by atoms with Gasteiger partial charge in [0.15, 0.2) is 0 Å². The van der Waals surface area contributed by atoms with Crippen LogP contribution in [0.1, 0.15) is 21.5 Å². The zero-order valence-corrected chi connectivity index (χ0v) is 18.2. The molecule has 0 unspecified atom stereocenters. The van der Waals surface area contributed by atoms with Crippen molar-refractivity contribution in [2.75, 3.05) is 5.73 Å². The second kappa shape index (κ2) is 8.38. The molecule has 146 valence electrons. The highest BCUT2D eigenvalue weighted by molar-refractivity contribution is 6.83. The van der Waals surface area contributed by atoms with E-state index in [9.17, 15) is 4.79 Å². The normalized spacial score (nSPS) is 10.8. The third-order valence-corrected chi connectivity index (χ3v) is 5.30. The molecule has 0 aromatic heterocycles. The summed E-state index contributed by atoms with van der Waals surface area (Å²) in [4.78, 5) is 12.8. The first kappa shape index (κ1) is 20.4. The average Bonchev–Trinajstić information content (AvgIpc) is 2.68. The molecule has 0 aliphatic carbocycles. The first-order valence-electron chi connectivity index (χ1n) is 9.55. The number of aryl methyl sites for hydroxylation is 1. The fraction of sp³-hybridized carbons (Fsp3) is 0.160. The van der Waals surface area contributed by atoms with Crippen LogP contribution in [0.15, 0.2) is 66.7 Å². The summed E-state index contributed by atoms with van der Waals surface area (Å²) < 4.78 is 5.76. The minimum Gasteiger partial charge on any atom is -0.422 e. The summed E-state index contributed by atoms with van der Waals surface area (Å²) in [5, 5.41) is 0. The van der Waals surface area contributed by atoms with Gasteiger partial charge in [-0.05, 0) is 30.7 Å². The van der Waals surface area contributed by atoms with E-state index < -0.39 is 14.0 Å². The Hall–Kier alpha value is -3.29. The molecule has 3 aromatic rings. The first-order chi connectivity index (χ1) is 13.8. The van der Waals surface area contributed by atoms with E-state index in [1.54, 1.807) is 18.2 Å². The molecule has 3 rings (SSSR count). The predicted molar refractivity (Wildman–Crippen MR) is 123 cm³/mol. The highest BCUT2D eigenvalue weighted by atomic mass is 28.3. The van der Waals surface area contributed by atoms with Crippen LogP contribution in [-0.4, -0.2) is 14.0 Å². The summed E-state index contributed by atoms with van der Waals surface area (Å²) >= 11 is 0. The summed E-state index contributed by atoms with van der Waals surface area (Å²) in [5.74, 6) is 3.35. The van der Waals surface area contributed by atoms with Gasteiger partial charge in [0.05, 0.1) is 5.56 Å². The van der Waals surface area contributed by atoms with Gasteiger partial charge >= 0.3 is 5.97 Å². The molecule has 4 heteroatoms. The minimum atomic E-state index is -1.52. The zero-order valence-electron chi connectivity index (χ0n) is 17.2. The molecule has 3 nitrogen and oxygen atoms in total. The van der Waals surface area contributed by atoms with Crippen molar-refractivity contribution in [1.29, 1.82) is 0 Å². The monoisotopic (exact) mass is 399 g/mol. The van der Waals surface area contributed by atoms with E-state index in [4.69, 9.17) is 10.5 Å². The third kappa shape index (κ3) is 4.95. The number of benzene rings is 3. The molecule has 0 bridgehead atoms. The van der Waals surface area contributed by atoms with E-state index in [1.165, 1.54) is 0 Å². The lowest BCUT2D eigenvalue weighted by Crippen LogP contribution is -2.16. The molecule has 0 saturated carbocycles. The van der Waals surface area contributed by atoms with Crippen LogP contribution in [0.25, 0.3) is 11.1 Å². The summed E-state index contributed by atoms with van der Waals surface area (Å²) in [6.07, 6.45) is 0. The van der Waals surface area contributed by atoms with Gasteiger partial charge in [0.2, 0.25) is 0 Å². The van der Waals surface area contributed by atoms with Gasteiger partial charge in [-0.3, -0.25) is 0 Å². The molecule has 0 aliphatic heterocycles. The Kier molecular flexibility index (Phi) is 5.91. The molecule has 0 amide bonds. The number of nitrogens with two attached hydrogens (primary N) is 1. The van der Waals surface area contributed by atoms with Crippen LogP contribution in [0.5, 0.6) is 5.75 Å². The highest BCUT2D eigenvalue weighted by Crippen LogP contribution is 2.33. The van der Waals surface area contributed by atoms with Crippen LogP contribution in [0, 0.1) is 18.4 Å². The van der Waals surface area contributed by atoms with E-state index in [-0.39, 0.29) is 0 Å². The topological polar surface area (TPSA) is 52.3 Å². The largest absolute Gasteiger partial charge is 0.422 e. The van der Waals surface area contributed by atoms with Crippen LogP contribution in [0.3, 0.4) is 0 Å². The molecule has 0 fully saturated rings. The van der Waals surface area contributed by atoms with E-state index in [2.05, 4.69) is 31.1 Å². The van der Waals surface area contributed by atoms with Crippen LogP contribution in [0.2, 0.25) is 19.6 Å². The third-order valence-electron chi connectivity index (χ3n) is 4.42. The van der Waals surface area contributed by atoms with Crippen LogP contribution in [0.4, 0.5) is 5.69 Å². The smallest absolute Gasteiger partial charge is 0.345 e. The van der Waals surface area contributed by atoms with Crippen LogP contribution >= 0.6 is 0 Å². The quantitative estimate of drug-likeness (QED) is 0.202. The first-order valence-corrected chi connectivity index (χ1v) is 13.0. The van der Waals surface area contributed by atoms with Gasteiger partial charge in [-0.15, -0.1) is 5.54 Å². The number of carbonyl (C=O) groups excluding carboxylic acids is 1. The summed E-state index contributed by atoms with van der Waals surface area (Å²) in [5.41, 5.74) is 13.8. The molecule has 3 aromatic carbocycles. The maximum atomic E-state index is 12.8. The second-order valence-electron chi connectivity index (χ2n) is 7.97. The lowest BCUT2D eigenvalue weighted by Gasteiger charge is -2.13. The number of para-hydroxylation sites is 2. The number of rotatable bonds is 3. The van der Waals surface area contributed by atoms with E-state index in [0.717, 1.165) is 22.3 Å². The molecular formula is C25H25NO2Si. The lowest BCUT2D eigenvalue weighted by atomic mass is 9.99. The average molecular weight is 400 g/mol. The Morgan fingerprint density at radius 2 is 1.55 bits per heavy atom. The highest BCUT2D eigenvalue weighted by Gasteiger charge is 2.17. The Bertz CT molecular complexity index is 1120. The van der Waals surface area contributed by atoms with E-state index in [0.29, 0.717) is 17.0 Å². The van der Waals surface area contributed by atoms with Crippen molar-refractivity contribution in [1.82, 2.24) is 0 Å². The molecule has 0 aliphatic rings. The SMILES string of the molecule is Cc1cccc(C(=O)Oc2ccccc2-c2ccccc2C#C[Si](C)(C)C)c1N. The van der Waals surface area contributed by atoms with E-state index in [1.807, 2.05) is 55.5 Å². The maximum absolute atomic E-state index is 12.8. The van der Waals surface area contributed by atoms with Crippen molar-refractivity contribution in [2.24, 2.45) is 0 Å². The number of hydrogen-bond acceptors (Lipinski definition) is 3. The Labute approximate surface area is 173 Å². The van der Waals surface area contributed by atoms with Gasteiger partial charge in [0.1, 0.15) is 13.8 Å². The summed E-state index contributed by atoms with van der Waals surface area (Å²) in [6.45, 7) is 8.51. The van der Waals surface area contributed by atoms with Gasteiger partial charge in [-0.25, -0.2) is 4.79 Å². The van der Waals surface area contributed by atoms with E-state index >= 15 is 0 Å². The Morgan fingerprint density at radius 3 is 2.28 bits per heavy atom. The van der Waals surface area contributed by atoms with Crippen LogP contribution < -0.4 is 10.5 Å². The molecular weight excluding hydrogens is 374 g/mol. The molecule has 29 heavy (non-hydrogen) atoms. The van der Waals surface area contributed by atoms with Gasteiger partial charge in [-0.2, -0.15) is 0 Å². The van der Waals surface area contributed by atoms with Crippen molar-refractivity contribution >= 4 is 19.7 Å². The molecule has 0 heterocycles. The summed E-state index contributed by atoms with van der Waals surface area (Å²) in [6, 6.07) is 20.8. The number of anilines is 1. The molecule has 0 atom stereocenters. The Morgan fingerprint density at radius 1 is 0.897 bits per heavy atom. The predicted octanol–water partition coefficient (Wildman–Crippen LogP) is 5.69. The minimum absolute atomic E-state index is 0.367. The number of nitrogen functional groups attached to an aromatic ring is 1. The van der Waals surface area contributed by atoms with Crippen molar-refractivity contribution < 1.29 is 9.53 Å². The fourth-order valence-corrected chi connectivity index (χ4v) is 3.38. The molecule has 0 radical (unpaired) electrons. The molecule has 2 N–H and O–H groups in total. The van der Waals surface area contributed by atoms with Gasteiger partial charge < -0.3 is 10.5 Å². The van der Waals surface area contributed by atoms with Crippen molar-refractivity contribution in [3.05, 3.63) is 83.4 Å².